The van der Waals surface area contributed by atoms with E-state index in [0.29, 0.717) is 39.1 Å². The van der Waals surface area contributed by atoms with Gasteiger partial charge in [0.25, 0.3) is 5.69 Å². The van der Waals surface area contributed by atoms with Crippen molar-refractivity contribution in [3.05, 3.63) is 23.0 Å². The van der Waals surface area contributed by atoms with Crippen LogP contribution in [0.1, 0.15) is 5.69 Å². The number of nitrogens with zero attached hydrogens (tertiary/aromatic N) is 2. The first kappa shape index (κ1) is 13.0. The molecule has 19 heavy (non-hydrogen) atoms. The summed E-state index contributed by atoms with van der Waals surface area (Å²) in [6, 6.07) is 3.40. The van der Waals surface area contributed by atoms with Gasteiger partial charge in [-0.3, -0.25) is 4.63 Å². The van der Waals surface area contributed by atoms with Crippen LogP contribution in [0.5, 0.6) is 17.2 Å². The van der Waals surface area contributed by atoms with E-state index in [2.05, 4.69) is 9.79 Å². The third kappa shape index (κ3) is 2.14. The molecule has 0 saturated heterocycles. The summed E-state index contributed by atoms with van der Waals surface area (Å²) >= 11 is 0. The molecule has 2 rings (SSSR count). The van der Waals surface area contributed by atoms with Crippen LogP contribution in [-0.2, 0) is 0 Å². The average Bonchev–Trinajstić information content (AvgIpc) is 2.77. The Morgan fingerprint density at radius 2 is 1.68 bits per heavy atom. The summed E-state index contributed by atoms with van der Waals surface area (Å²) in [6.07, 6.45) is 0. The number of methoxy groups -OCH3 is 3. The van der Waals surface area contributed by atoms with Crippen LogP contribution in [0.2, 0.25) is 0 Å². The lowest BCUT2D eigenvalue weighted by molar-refractivity contribution is -0.806. The zero-order valence-corrected chi connectivity index (χ0v) is 11.1. The van der Waals surface area contributed by atoms with Gasteiger partial charge in [0.15, 0.2) is 11.5 Å². The number of hydrogen-bond acceptors (Lipinski definition) is 6. The fraction of sp³-hybridized carbons (Fsp3) is 0.333. The van der Waals surface area contributed by atoms with E-state index in [4.69, 9.17) is 14.2 Å². The number of rotatable bonds is 4. The molecule has 0 radical (unpaired) electrons. The first-order valence-electron chi connectivity index (χ1n) is 5.49. The minimum Gasteiger partial charge on any atom is -0.493 e. The SMILES string of the molecule is COc1cc(-c2no[n+]([O-])c2C)cc(OC)c1OC. The van der Waals surface area contributed by atoms with Gasteiger partial charge in [-0.15, -0.1) is 0 Å². The third-order valence-corrected chi connectivity index (χ3v) is 2.76. The average molecular weight is 266 g/mol. The zero-order chi connectivity index (χ0) is 14.0. The maximum absolute atomic E-state index is 11.2. The van der Waals surface area contributed by atoms with E-state index < -0.39 is 0 Å². The summed E-state index contributed by atoms with van der Waals surface area (Å²) in [5, 5.41) is 15.0. The second-order valence-corrected chi connectivity index (χ2v) is 3.78. The van der Waals surface area contributed by atoms with Crippen LogP contribution >= 0.6 is 0 Å². The van der Waals surface area contributed by atoms with Crippen molar-refractivity contribution in [1.29, 1.82) is 0 Å². The molecule has 0 fully saturated rings. The number of hydrogen-bond donors (Lipinski definition) is 0. The van der Waals surface area contributed by atoms with Gasteiger partial charge in [-0.2, -0.15) is 0 Å². The van der Waals surface area contributed by atoms with E-state index in [9.17, 15) is 5.21 Å². The quantitative estimate of drug-likeness (QED) is 0.776. The van der Waals surface area contributed by atoms with Crippen LogP contribution in [0, 0.1) is 12.1 Å². The molecule has 0 bridgehead atoms. The Hall–Kier alpha value is -2.44. The zero-order valence-electron chi connectivity index (χ0n) is 11.1. The van der Waals surface area contributed by atoms with Gasteiger partial charge >= 0.3 is 0 Å². The van der Waals surface area contributed by atoms with Gasteiger partial charge in [0.05, 0.1) is 21.3 Å². The van der Waals surface area contributed by atoms with Crippen LogP contribution in [0.3, 0.4) is 0 Å². The predicted octanol–water partition coefficient (Wildman–Crippen LogP) is 1.31. The Labute approximate surface area is 109 Å². The number of ether oxygens (including phenoxy) is 3. The largest absolute Gasteiger partial charge is 0.493 e. The van der Waals surface area contributed by atoms with Crippen molar-refractivity contribution in [2.45, 2.75) is 6.92 Å². The van der Waals surface area contributed by atoms with Crippen LogP contribution in [0.15, 0.2) is 16.8 Å². The van der Waals surface area contributed by atoms with Crippen molar-refractivity contribution in [1.82, 2.24) is 5.16 Å². The van der Waals surface area contributed by atoms with E-state index in [-0.39, 0.29) is 0 Å². The van der Waals surface area contributed by atoms with Gasteiger partial charge in [-0.05, 0) is 17.0 Å². The maximum Gasteiger partial charge on any atom is 0.251 e. The van der Waals surface area contributed by atoms with Gasteiger partial charge in [0.1, 0.15) is 0 Å². The lowest BCUT2D eigenvalue weighted by Gasteiger charge is -2.12. The van der Waals surface area contributed by atoms with Crippen molar-refractivity contribution in [2.24, 2.45) is 0 Å². The first-order chi connectivity index (χ1) is 9.12. The van der Waals surface area contributed by atoms with Crippen molar-refractivity contribution in [2.75, 3.05) is 21.3 Å². The molecule has 7 heteroatoms. The molecule has 2 aromatic rings. The minimum atomic E-state index is 0.346. The molecule has 0 aliphatic carbocycles. The summed E-state index contributed by atoms with van der Waals surface area (Å²) in [5.74, 6) is 1.44. The second kappa shape index (κ2) is 5.05. The fourth-order valence-corrected chi connectivity index (χ4v) is 1.77. The van der Waals surface area contributed by atoms with Gasteiger partial charge in [-0.1, -0.05) is 0 Å². The Bertz CT molecular complexity index is 569. The highest BCUT2D eigenvalue weighted by atomic mass is 16.8. The molecular weight excluding hydrogens is 252 g/mol. The summed E-state index contributed by atoms with van der Waals surface area (Å²) in [6.45, 7) is 1.61. The van der Waals surface area contributed by atoms with Crippen LogP contribution in [-0.4, -0.2) is 26.5 Å². The van der Waals surface area contributed by atoms with Gasteiger partial charge < -0.3 is 19.4 Å². The molecule has 0 saturated carbocycles. The molecule has 7 nitrogen and oxygen atoms in total. The number of benzene rings is 1. The molecule has 102 valence electrons. The standard InChI is InChI=1S/C12H14N2O5/c1-7-11(13-19-14(7)15)8-5-9(16-2)12(18-4)10(6-8)17-3/h5-6H,1-4H3. The van der Waals surface area contributed by atoms with Crippen LogP contribution < -0.4 is 19.1 Å². The monoisotopic (exact) mass is 266 g/mol. The summed E-state index contributed by atoms with van der Waals surface area (Å²) < 4.78 is 20.3. The molecule has 1 aromatic carbocycles. The van der Waals surface area contributed by atoms with E-state index in [0.717, 1.165) is 0 Å². The smallest absolute Gasteiger partial charge is 0.251 e. The Morgan fingerprint density at radius 1 is 1.11 bits per heavy atom. The maximum atomic E-state index is 11.2. The van der Waals surface area contributed by atoms with Crippen molar-refractivity contribution in [3.63, 3.8) is 0 Å². The molecule has 0 aliphatic rings. The molecule has 0 aliphatic heterocycles. The Balaban J connectivity index is 2.62. The van der Waals surface area contributed by atoms with Crippen molar-refractivity contribution < 1.29 is 23.7 Å². The lowest BCUT2D eigenvalue weighted by Crippen LogP contribution is -2.25. The molecule has 0 unspecified atom stereocenters. The summed E-state index contributed by atoms with van der Waals surface area (Å²) in [5.41, 5.74) is 1.42. The van der Waals surface area contributed by atoms with Crippen molar-refractivity contribution >= 4 is 0 Å². The summed E-state index contributed by atoms with van der Waals surface area (Å²) in [7, 11) is 4.56. The predicted molar refractivity (Wildman–Crippen MR) is 65.3 cm³/mol. The molecule has 0 amide bonds. The van der Waals surface area contributed by atoms with Gasteiger partial charge in [0, 0.05) is 17.6 Å². The van der Waals surface area contributed by atoms with E-state index in [1.165, 1.54) is 21.3 Å². The number of aromatic nitrogens is 2. The van der Waals surface area contributed by atoms with Gasteiger partial charge in [0.2, 0.25) is 11.4 Å². The highest BCUT2D eigenvalue weighted by Gasteiger charge is 2.21. The molecule has 1 aromatic heterocycles. The molecular formula is C12H14N2O5. The highest BCUT2D eigenvalue weighted by Crippen LogP contribution is 2.41. The lowest BCUT2D eigenvalue weighted by atomic mass is 10.1. The topological polar surface area (TPSA) is 80.7 Å². The van der Waals surface area contributed by atoms with Gasteiger partial charge in [-0.25, -0.2) is 0 Å². The highest BCUT2D eigenvalue weighted by molar-refractivity contribution is 5.69. The molecule has 0 atom stereocenters. The Morgan fingerprint density at radius 3 is 2.05 bits per heavy atom. The van der Waals surface area contributed by atoms with E-state index in [1.54, 1.807) is 19.1 Å². The Kier molecular flexibility index (Phi) is 3.46. The third-order valence-electron chi connectivity index (χ3n) is 2.76. The second-order valence-electron chi connectivity index (χ2n) is 3.78. The molecule has 1 heterocycles. The molecule has 0 spiro atoms. The minimum absolute atomic E-state index is 0.346. The van der Waals surface area contributed by atoms with Crippen LogP contribution in [0.4, 0.5) is 0 Å². The van der Waals surface area contributed by atoms with E-state index >= 15 is 0 Å². The fourth-order valence-electron chi connectivity index (χ4n) is 1.77. The normalized spacial score (nSPS) is 10.3. The first-order valence-corrected chi connectivity index (χ1v) is 5.49. The van der Waals surface area contributed by atoms with Crippen molar-refractivity contribution in [3.8, 4) is 28.5 Å². The molecule has 0 N–H and O–H groups in total. The summed E-state index contributed by atoms with van der Waals surface area (Å²) in [4.78, 5) is 0.346. The van der Waals surface area contributed by atoms with Crippen LogP contribution in [0.25, 0.3) is 11.3 Å². The van der Waals surface area contributed by atoms with E-state index in [1.807, 2.05) is 0 Å².